The Hall–Kier alpha value is -0.900. The van der Waals surface area contributed by atoms with Crippen molar-refractivity contribution in [1.82, 2.24) is 4.90 Å². The predicted molar refractivity (Wildman–Crippen MR) is 112 cm³/mol. The molecule has 0 amide bonds. The summed E-state index contributed by atoms with van der Waals surface area (Å²) in [5, 5.41) is 0. The van der Waals surface area contributed by atoms with E-state index in [0.717, 1.165) is 45.1 Å². The zero-order chi connectivity index (χ0) is 19.9. The fourth-order valence-corrected chi connectivity index (χ4v) is 2.70. The van der Waals surface area contributed by atoms with Crippen LogP contribution in [0.25, 0.3) is 0 Å². The van der Waals surface area contributed by atoms with Gasteiger partial charge in [-0.15, -0.1) is 0 Å². The summed E-state index contributed by atoms with van der Waals surface area (Å²) in [6, 6.07) is 0. The molecule has 0 fully saturated rings. The molecule has 0 saturated heterocycles. The van der Waals surface area contributed by atoms with Gasteiger partial charge >= 0.3 is 5.97 Å². The Bertz CT molecular complexity index is 295. The molecule has 0 rings (SSSR count). The molecule has 0 aliphatic heterocycles. The van der Waals surface area contributed by atoms with Crippen LogP contribution in [0.2, 0.25) is 0 Å². The van der Waals surface area contributed by atoms with E-state index in [4.69, 9.17) is 4.74 Å². The van der Waals surface area contributed by atoms with Gasteiger partial charge in [-0.3, -0.25) is 9.69 Å². The lowest BCUT2D eigenvalue weighted by Crippen LogP contribution is -2.28. The molecule has 26 heavy (non-hydrogen) atoms. The minimum Gasteiger partial charge on any atom is -0.466 e. The monoisotopic (exact) mass is 371 g/mol. The van der Waals surface area contributed by atoms with Crippen molar-refractivity contribution in [3.05, 3.63) is 0 Å². The summed E-state index contributed by atoms with van der Waals surface area (Å²) in [5.74, 6) is -0.0857. The molecule has 4 heteroatoms. The Morgan fingerprint density at radius 1 is 0.808 bits per heavy atom. The molecule has 0 aromatic carbocycles. The highest BCUT2D eigenvalue weighted by Gasteiger charge is 2.06. The Morgan fingerprint density at radius 3 is 1.92 bits per heavy atom. The second-order valence-electron chi connectivity index (χ2n) is 6.62. The second-order valence-corrected chi connectivity index (χ2v) is 6.62. The first-order chi connectivity index (χ1) is 12.7. The summed E-state index contributed by atoms with van der Waals surface area (Å²) in [7, 11) is 0. The standard InChI is InChI=1S/C20H39NO3.C2H6/c1-3-5-7-8-9-10-12-15-21(17-18-22)16-13-11-14-20(23)24-19-6-4-2;1-2/h18H,3-17,19H2,1-2H3;1-2H3. The number of hydrogen-bond acceptors (Lipinski definition) is 4. The van der Waals surface area contributed by atoms with Crippen molar-refractivity contribution >= 4 is 12.3 Å². The van der Waals surface area contributed by atoms with E-state index >= 15 is 0 Å². The summed E-state index contributed by atoms with van der Waals surface area (Å²) >= 11 is 0. The first-order valence-corrected chi connectivity index (χ1v) is 11.1. The van der Waals surface area contributed by atoms with Gasteiger partial charge in [-0.05, 0) is 38.8 Å². The number of nitrogens with zero attached hydrogens (tertiary/aromatic N) is 1. The van der Waals surface area contributed by atoms with Crippen LogP contribution >= 0.6 is 0 Å². The molecular weight excluding hydrogens is 326 g/mol. The maximum Gasteiger partial charge on any atom is 0.305 e. The molecule has 0 aliphatic rings. The van der Waals surface area contributed by atoms with Crippen molar-refractivity contribution in [2.24, 2.45) is 0 Å². The lowest BCUT2D eigenvalue weighted by molar-refractivity contribution is -0.143. The van der Waals surface area contributed by atoms with Gasteiger partial charge in [-0.1, -0.05) is 72.6 Å². The Balaban J connectivity index is 0. The fourth-order valence-electron chi connectivity index (χ4n) is 2.70. The van der Waals surface area contributed by atoms with Crippen molar-refractivity contribution in [3.8, 4) is 0 Å². The average molecular weight is 372 g/mol. The van der Waals surface area contributed by atoms with E-state index in [1.54, 1.807) is 0 Å². The topological polar surface area (TPSA) is 46.6 Å². The molecule has 0 spiro atoms. The third-order valence-corrected chi connectivity index (χ3v) is 4.28. The van der Waals surface area contributed by atoms with Crippen molar-refractivity contribution in [2.45, 2.75) is 105 Å². The number of unbranched alkanes of at least 4 members (excludes halogenated alkanes) is 8. The second kappa shape index (κ2) is 24.1. The molecule has 0 unspecified atom stereocenters. The van der Waals surface area contributed by atoms with Gasteiger partial charge in [-0.25, -0.2) is 0 Å². The SMILES string of the molecule is CC.CCCCCCCCCN(CC=O)CCCCC(=O)OCCCC. The number of rotatable bonds is 18. The van der Waals surface area contributed by atoms with Crippen LogP contribution in [0.4, 0.5) is 0 Å². The quantitative estimate of drug-likeness (QED) is 0.174. The smallest absolute Gasteiger partial charge is 0.305 e. The number of carbonyl (C=O) groups excluding carboxylic acids is 2. The first-order valence-electron chi connectivity index (χ1n) is 11.1. The zero-order valence-electron chi connectivity index (χ0n) is 18.1. The largest absolute Gasteiger partial charge is 0.466 e. The molecule has 0 heterocycles. The van der Waals surface area contributed by atoms with Crippen LogP contribution in [-0.4, -0.2) is 43.4 Å². The minimum absolute atomic E-state index is 0.0857. The van der Waals surface area contributed by atoms with Crippen molar-refractivity contribution in [2.75, 3.05) is 26.2 Å². The lowest BCUT2D eigenvalue weighted by Gasteiger charge is -2.19. The summed E-state index contributed by atoms with van der Waals surface area (Å²) in [4.78, 5) is 24.5. The van der Waals surface area contributed by atoms with E-state index in [9.17, 15) is 9.59 Å². The molecule has 0 atom stereocenters. The first kappa shape index (κ1) is 27.3. The summed E-state index contributed by atoms with van der Waals surface area (Å²) < 4.78 is 5.15. The van der Waals surface area contributed by atoms with Crippen LogP contribution in [0.1, 0.15) is 105 Å². The molecule has 0 radical (unpaired) electrons. The van der Waals surface area contributed by atoms with Crippen LogP contribution in [-0.2, 0) is 14.3 Å². The van der Waals surface area contributed by atoms with Crippen LogP contribution < -0.4 is 0 Å². The van der Waals surface area contributed by atoms with Gasteiger partial charge in [0.1, 0.15) is 6.29 Å². The molecule has 0 aliphatic carbocycles. The highest BCUT2D eigenvalue weighted by atomic mass is 16.5. The van der Waals surface area contributed by atoms with Crippen molar-refractivity contribution < 1.29 is 14.3 Å². The lowest BCUT2D eigenvalue weighted by atomic mass is 10.1. The Kier molecular flexibility index (Phi) is 25.3. The van der Waals surface area contributed by atoms with Gasteiger partial charge in [0, 0.05) is 6.42 Å². The van der Waals surface area contributed by atoms with E-state index in [-0.39, 0.29) is 5.97 Å². The highest BCUT2D eigenvalue weighted by molar-refractivity contribution is 5.69. The number of carbonyl (C=O) groups is 2. The van der Waals surface area contributed by atoms with E-state index in [1.807, 2.05) is 13.8 Å². The molecule has 0 N–H and O–H groups in total. The number of hydrogen-bond donors (Lipinski definition) is 0. The average Bonchev–Trinajstić information content (AvgIpc) is 2.66. The zero-order valence-corrected chi connectivity index (χ0v) is 18.1. The fraction of sp³-hybridized carbons (Fsp3) is 0.909. The van der Waals surface area contributed by atoms with Gasteiger partial charge in [0.25, 0.3) is 0 Å². The molecule has 4 nitrogen and oxygen atoms in total. The van der Waals surface area contributed by atoms with Crippen LogP contribution in [0.15, 0.2) is 0 Å². The third kappa shape index (κ3) is 21.1. The minimum atomic E-state index is -0.0857. The maximum absolute atomic E-state index is 11.5. The van der Waals surface area contributed by atoms with Gasteiger partial charge in [0.2, 0.25) is 0 Å². The summed E-state index contributed by atoms with van der Waals surface area (Å²) in [5.41, 5.74) is 0. The number of ether oxygens (including phenoxy) is 1. The predicted octanol–water partition coefficient (Wildman–Crippen LogP) is 5.78. The molecule has 0 aromatic rings. The molecule has 156 valence electrons. The molecule has 0 aromatic heterocycles. The third-order valence-electron chi connectivity index (χ3n) is 4.28. The Labute approximate surface area is 163 Å². The van der Waals surface area contributed by atoms with Crippen molar-refractivity contribution in [3.63, 3.8) is 0 Å². The number of esters is 1. The van der Waals surface area contributed by atoms with E-state index in [1.165, 1.54) is 44.9 Å². The van der Waals surface area contributed by atoms with Crippen molar-refractivity contribution in [1.29, 1.82) is 0 Å². The van der Waals surface area contributed by atoms with Crippen LogP contribution in [0.3, 0.4) is 0 Å². The van der Waals surface area contributed by atoms with Gasteiger partial charge in [-0.2, -0.15) is 0 Å². The van der Waals surface area contributed by atoms with Crippen LogP contribution in [0.5, 0.6) is 0 Å². The highest BCUT2D eigenvalue weighted by Crippen LogP contribution is 2.08. The summed E-state index contributed by atoms with van der Waals surface area (Å²) in [6.45, 7) is 11.3. The van der Waals surface area contributed by atoms with Gasteiger partial charge < -0.3 is 9.53 Å². The molecule has 0 saturated carbocycles. The van der Waals surface area contributed by atoms with Gasteiger partial charge in [0.05, 0.1) is 13.2 Å². The Morgan fingerprint density at radius 2 is 1.35 bits per heavy atom. The summed E-state index contributed by atoms with van der Waals surface area (Å²) in [6.07, 6.45) is 14.3. The van der Waals surface area contributed by atoms with Gasteiger partial charge in [0.15, 0.2) is 0 Å². The molecule has 0 bridgehead atoms. The van der Waals surface area contributed by atoms with E-state index < -0.39 is 0 Å². The normalized spacial score (nSPS) is 10.3. The number of aldehydes is 1. The van der Waals surface area contributed by atoms with E-state index in [2.05, 4.69) is 18.7 Å². The maximum atomic E-state index is 11.5. The molecular formula is C22H45NO3. The van der Waals surface area contributed by atoms with Crippen LogP contribution in [0, 0.1) is 0 Å². The van der Waals surface area contributed by atoms with E-state index in [0.29, 0.717) is 19.6 Å².